The molecule has 5 heteroatoms. The van der Waals surface area contributed by atoms with Crippen LogP contribution in [0, 0.1) is 5.82 Å². The van der Waals surface area contributed by atoms with E-state index in [9.17, 15) is 4.39 Å². The van der Waals surface area contributed by atoms with Crippen LogP contribution in [0.4, 0.5) is 4.39 Å². The SMILES string of the molecule is CCC(n1ccnc1)[Si](C)(C)Cc1ccc(F)cc1.Cl. The molecule has 0 aliphatic heterocycles. The van der Waals surface area contributed by atoms with Gasteiger partial charge in [-0.25, -0.2) is 9.37 Å². The summed E-state index contributed by atoms with van der Waals surface area (Å²) in [5, 5.41) is 0. The van der Waals surface area contributed by atoms with Crippen LogP contribution in [0.3, 0.4) is 0 Å². The minimum atomic E-state index is -1.50. The molecule has 1 atom stereocenters. The lowest BCUT2D eigenvalue weighted by Gasteiger charge is -2.33. The van der Waals surface area contributed by atoms with E-state index in [1.54, 1.807) is 12.1 Å². The molecule has 0 fully saturated rings. The molecule has 0 N–H and O–H groups in total. The van der Waals surface area contributed by atoms with Crippen molar-refractivity contribution in [1.29, 1.82) is 0 Å². The van der Waals surface area contributed by atoms with Crippen LogP contribution in [0.1, 0.15) is 24.6 Å². The van der Waals surface area contributed by atoms with E-state index in [1.807, 2.05) is 30.9 Å². The van der Waals surface area contributed by atoms with Gasteiger partial charge in [-0.15, -0.1) is 12.4 Å². The fourth-order valence-electron chi connectivity index (χ4n) is 2.87. The summed E-state index contributed by atoms with van der Waals surface area (Å²) in [5.41, 5.74) is 1.76. The highest BCUT2D eigenvalue weighted by Crippen LogP contribution is 2.27. The van der Waals surface area contributed by atoms with Crippen molar-refractivity contribution in [2.24, 2.45) is 0 Å². The van der Waals surface area contributed by atoms with Crippen LogP contribution in [-0.2, 0) is 6.04 Å². The van der Waals surface area contributed by atoms with Crippen LogP contribution in [0.15, 0.2) is 43.0 Å². The second kappa shape index (κ2) is 7.04. The third-order valence-corrected chi connectivity index (χ3v) is 7.58. The molecular formula is C15H22ClFN2Si. The summed E-state index contributed by atoms with van der Waals surface area (Å²) in [6, 6.07) is 7.98. The lowest BCUT2D eigenvalue weighted by Crippen LogP contribution is -2.40. The summed E-state index contributed by atoms with van der Waals surface area (Å²) >= 11 is 0. The molecule has 20 heavy (non-hydrogen) atoms. The van der Waals surface area contributed by atoms with Crippen LogP contribution < -0.4 is 0 Å². The molecule has 2 rings (SSSR count). The Labute approximate surface area is 127 Å². The molecule has 0 bridgehead atoms. The van der Waals surface area contributed by atoms with E-state index in [0.717, 1.165) is 12.5 Å². The molecule has 2 aromatic rings. The Balaban J connectivity index is 0.00000200. The van der Waals surface area contributed by atoms with E-state index >= 15 is 0 Å². The molecule has 0 saturated heterocycles. The number of rotatable bonds is 5. The average Bonchev–Trinajstić information content (AvgIpc) is 2.86. The Hall–Kier alpha value is -1.13. The zero-order valence-corrected chi connectivity index (χ0v) is 14.0. The van der Waals surface area contributed by atoms with Gasteiger partial charge in [-0.1, -0.05) is 37.7 Å². The minimum Gasteiger partial charge on any atom is -0.337 e. The number of halogens is 2. The molecular weight excluding hydrogens is 291 g/mol. The molecule has 110 valence electrons. The van der Waals surface area contributed by atoms with Crippen molar-refractivity contribution in [2.45, 2.75) is 38.1 Å². The van der Waals surface area contributed by atoms with Gasteiger partial charge >= 0.3 is 0 Å². The molecule has 0 aliphatic carbocycles. The smallest absolute Gasteiger partial charge is 0.123 e. The molecule has 1 heterocycles. The first kappa shape index (κ1) is 16.9. The van der Waals surface area contributed by atoms with Crippen molar-refractivity contribution in [3.8, 4) is 0 Å². The first-order chi connectivity index (χ1) is 9.03. The highest BCUT2D eigenvalue weighted by molar-refractivity contribution is 6.77. The second-order valence-corrected chi connectivity index (χ2v) is 10.7. The fourth-order valence-corrected chi connectivity index (χ4v) is 6.46. The lowest BCUT2D eigenvalue weighted by molar-refractivity contribution is 0.613. The molecule has 1 aromatic heterocycles. The molecule has 1 unspecified atom stereocenters. The summed E-state index contributed by atoms with van der Waals surface area (Å²) in [5.74, 6) is -0.162. The Morgan fingerprint density at radius 1 is 1.25 bits per heavy atom. The van der Waals surface area contributed by atoms with E-state index < -0.39 is 8.07 Å². The Morgan fingerprint density at radius 3 is 2.40 bits per heavy atom. The maximum atomic E-state index is 13.0. The van der Waals surface area contributed by atoms with Crippen molar-refractivity contribution in [1.82, 2.24) is 9.55 Å². The number of benzene rings is 1. The zero-order valence-electron chi connectivity index (χ0n) is 12.2. The number of hydrogen-bond acceptors (Lipinski definition) is 1. The topological polar surface area (TPSA) is 17.8 Å². The molecule has 1 aromatic carbocycles. The number of aromatic nitrogens is 2. The van der Waals surface area contributed by atoms with Gasteiger partial charge in [0, 0.05) is 18.1 Å². The summed E-state index contributed by atoms with van der Waals surface area (Å²) in [7, 11) is -1.50. The van der Waals surface area contributed by atoms with E-state index in [-0.39, 0.29) is 18.2 Å². The fraction of sp³-hybridized carbons (Fsp3) is 0.400. The van der Waals surface area contributed by atoms with Crippen molar-refractivity contribution < 1.29 is 4.39 Å². The highest BCUT2D eigenvalue weighted by atomic mass is 35.5. The Kier molecular flexibility index (Phi) is 5.96. The van der Waals surface area contributed by atoms with Gasteiger partial charge in [0.25, 0.3) is 0 Å². The number of hydrogen-bond donors (Lipinski definition) is 0. The van der Waals surface area contributed by atoms with E-state index in [1.165, 1.54) is 5.56 Å². The van der Waals surface area contributed by atoms with Crippen LogP contribution >= 0.6 is 12.4 Å². The van der Waals surface area contributed by atoms with Gasteiger partial charge < -0.3 is 4.57 Å². The summed E-state index contributed by atoms with van der Waals surface area (Å²) in [6.45, 7) is 7.01. The highest BCUT2D eigenvalue weighted by Gasteiger charge is 2.31. The molecule has 0 saturated carbocycles. The Bertz CT molecular complexity index is 511. The van der Waals surface area contributed by atoms with Gasteiger partial charge in [-0.2, -0.15) is 0 Å². The average molecular weight is 313 g/mol. The third-order valence-electron chi connectivity index (χ3n) is 3.75. The maximum absolute atomic E-state index is 13.0. The molecule has 0 radical (unpaired) electrons. The van der Waals surface area contributed by atoms with Gasteiger partial charge in [0.2, 0.25) is 0 Å². The summed E-state index contributed by atoms with van der Waals surface area (Å²) in [6.07, 6.45) is 6.91. The number of imidazole rings is 1. The van der Waals surface area contributed by atoms with Gasteiger partial charge in [0.1, 0.15) is 5.82 Å². The standard InChI is InChI=1S/C15H21FN2Si.ClH/c1-4-15(18-10-9-17-12-18)19(2,3)11-13-5-7-14(16)8-6-13;/h5-10,12,15H,4,11H2,1-3H3;1H. The van der Waals surface area contributed by atoms with E-state index in [2.05, 4.69) is 29.6 Å². The molecule has 0 spiro atoms. The first-order valence-electron chi connectivity index (χ1n) is 6.75. The first-order valence-corrected chi connectivity index (χ1v) is 10.0. The van der Waals surface area contributed by atoms with Gasteiger partial charge in [-0.3, -0.25) is 0 Å². The van der Waals surface area contributed by atoms with Gasteiger partial charge in [0.05, 0.1) is 14.4 Å². The zero-order chi connectivity index (χ0) is 13.9. The van der Waals surface area contributed by atoms with Crippen LogP contribution in [0.5, 0.6) is 0 Å². The summed E-state index contributed by atoms with van der Waals surface area (Å²) in [4.78, 5) is 4.16. The van der Waals surface area contributed by atoms with Gasteiger partial charge in [0.15, 0.2) is 0 Å². The van der Waals surface area contributed by atoms with E-state index in [0.29, 0.717) is 5.67 Å². The number of nitrogens with zero attached hydrogens (tertiary/aromatic N) is 2. The molecule has 0 amide bonds. The second-order valence-electron chi connectivity index (χ2n) is 5.73. The monoisotopic (exact) mass is 312 g/mol. The molecule has 0 aliphatic rings. The van der Waals surface area contributed by atoms with Crippen LogP contribution in [-0.4, -0.2) is 17.6 Å². The van der Waals surface area contributed by atoms with Crippen molar-refractivity contribution in [3.63, 3.8) is 0 Å². The largest absolute Gasteiger partial charge is 0.337 e. The predicted octanol–water partition coefficient (Wildman–Crippen LogP) is 4.42. The summed E-state index contributed by atoms with van der Waals surface area (Å²) < 4.78 is 15.2. The minimum absolute atomic E-state index is 0. The van der Waals surface area contributed by atoms with Crippen molar-refractivity contribution >= 4 is 20.5 Å². The van der Waals surface area contributed by atoms with Crippen molar-refractivity contribution in [2.75, 3.05) is 0 Å². The molecule has 2 nitrogen and oxygen atoms in total. The Morgan fingerprint density at radius 2 is 1.90 bits per heavy atom. The van der Waals surface area contributed by atoms with Crippen LogP contribution in [0.2, 0.25) is 13.1 Å². The van der Waals surface area contributed by atoms with Gasteiger partial charge in [-0.05, 0) is 24.6 Å². The quantitative estimate of drug-likeness (QED) is 0.747. The maximum Gasteiger partial charge on any atom is 0.123 e. The van der Waals surface area contributed by atoms with E-state index in [4.69, 9.17) is 0 Å². The van der Waals surface area contributed by atoms with Crippen molar-refractivity contribution in [3.05, 3.63) is 54.4 Å². The predicted molar refractivity (Wildman–Crippen MR) is 86.4 cm³/mol. The van der Waals surface area contributed by atoms with Crippen LogP contribution in [0.25, 0.3) is 0 Å². The lowest BCUT2D eigenvalue weighted by atomic mass is 10.2. The third kappa shape index (κ3) is 3.93. The normalized spacial score (nSPS) is 12.8.